The van der Waals surface area contributed by atoms with E-state index in [1.807, 2.05) is 18.6 Å². The third-order valence-electron chi connectivity index (χ3n) is 4.17. The van der Waals surface area contributed by atoms with Crippen molar-refractivity contribution in [2.45, 2.75) is 19.4 Å². The molecule has 1 N–H and O–H groups in total. The van der Waals surface area contributed by atoms with Crippen LogP contribution in [0, 0.1) is 0 Å². The second-order valence-corrected chi connectivity index (χ2v) is 5.74. The molecule has 1 aromatic carbocycles. The summed E-state index contributed by atoms with van der Waals surface area (Å²) >= 11 is 0. The highest BCUT2D eigenvalue weighted by Gasteiger charge is 2.12. The van der Waals surface area contributed by atoms with E-state index < -0.39 is 0 Å². The Morgan fingerprint density at radius 3 is 2.81 bits per heavy atom. The number of hydrogen-bond acceptors (Lipinski definition) is 3. The number of benzene rings is 1. The summed E-state index contributed by atoms with van der Waals surface area (Å²) in [4.78, 5) is 6.92. The van der Waals surface area contributed by atoms with Crippen LogP contribution in [0.1, 0.15) is 18.4 Å². The number of aromatic nitrogens is 3. The van der Waals surface area contributed by atoms with Gasteiger partial charge in [-0.2, -0.15) is 5.10 Å². The fourth-order valence-corrected chi connectivity index (χ4v) is 3.05. The molecule has 1 aliphatic heterocycles. The van der Waals surface area contributed by atoms with E-state index in [0.717, 1.165) is 17.4 Å². The van der Waals surface area contributed by atoms with E-state index >= 15 is 0 Å². The van der Waals surface area contributed by atoms with Crippen LogP contribution >= 0.6 is 0 Å². The Morgan fingerprint density at radius 2 is 1.90 bits per heavy atom. The Balaban J connectivity index is 1.64. The minimum atomic E-state index is 1.01. The van der Waals surface area contributed by atoms with Crippen LogP contribution in [0.15, 0.2) is 42.9 Å². The van der Waals surface area contributed by atoms with Crippen LogP contribution in [0.4, 0.5) is 0 Å². The van der Waals surface area contributed by atoms with E-state index in [-0.39, 0.29) is 0 Å². The second-order valence-electron chi connectivity index (χ2n) is 5.74. The van der Waals surface area contributed by atoms with Crippen molar-refractivity contribution in [1.82, 2.24) is 20.1 Å². The van der Waals surface area contributed by atoms with E-state index in [1.54, 1.807) is 0 Å². The first-order valence-corrected chi connectivity index (χ1v) is 7.48. The third-order valence-corrected chi connectivity index (χ3v) is 4.17. The summed E-state index contributed by atoms with van der Waals surface area (Å²) in [5.74, 6) is 0. The van der Waals surface area contributed by atoms with Crippen molar-refractivity contribution in [2.75, 3.05) is 13.1 Å². The molecule has 0 bridgehead atoms. The van der Waals surface area contributed by atoms with Crippen molar-refractivity contribution in [3.8, 4) is 11.1 Å². The van der Waals surface area contributed by atoms with Gasteiger partial charge in [-0.05, 0) is 55.3 Å². The number of rotatable bonds is 3. The fourth-order valence-electron chi connectivity index (χ4n) is 3.05. The largest absolute Gasteiger partial charge is 0.299 e. The van der Waals surface area contributed by atoms with Gasteiger partial charge in [0.25, 0.3) is 0 Å². The summed E-state index contributed by atoms with van der Waals surface area (Å²) in [6.45, 7) is 3.44. The van der Waals surface area contributed by atoms with Crippen molar-refractivity contribution in [3.63, 3.8) is 0 Å². The number of nitrogens with one attached hydrogen (secondary N) is 1. The van der Waals surface area contributed by atoms with E-state index in [9.17, 15) is 0 Å². The Labute approximate surface area is 123 Å². The number of aromatic amines is 1. The van der Waals surface area contributed by atoms with Gasteiger partial charge >= 0.3 is 0 Å². The number of H-pyrrole nitrogens is 1. The van der Waals surface area contributed by atoms with Gasteiger partial charge in [-0.1, -0.05) is 6.07 Å². The van der Waals surface area contributed by atoms with Crippen molar-refractivity contribution in [3.05, 3.63) is 48.4 Å². The third kappa shape index (κ3) is 2.54. The first-order chi connectivity index (χ1) is 10.4. The van der Waals surface area contributed by atoms with Crippen molar-refractivity contribution in [1.29, 1.82) is 0 Å². The van der Waals surface area contributed by atoms with E-state index in [1.165, 1.54) is 42.6 Å². The molecule has 4 heteroatoms. The molecule has 1 saturated heterocycles. The zero-order valence-corrected chi connectivity index (χ0v) is 11.9. The zero-order chi connectivity index (χ0) is 14.1. The Kier molecular flexibility index (Phi) is 3.16. The molecule has 1 fully saturated rings. The number of fused-ring (bicyclic) bond motifs is 1. The number of hydrogen-bond donors (Lipinski definition) is 1. The van der Waals surface area contributed by atoms with Crippen molar-refractivity contribution in [2.24, 2.45) is 0 Å². The van der Waals surface area contributed by atoms with Crippen LogP contribution in [0.2, 0.25) is 0 Å². The van der Waals surface area contributed by atoms with Gasteiger partial charge in [0.15, 0.2) is 0 Å². The average Bonchev–Trinajstić information content (AvgIpc) is 3.17. The predicted molar refractivity (Wildman–Crippen MR) is 83.8 cm³/mol. The van der Waals surface area contributed by atoms with Crippen LogP contribution in [0.25, 0.3) is 22.0 Å². The van der Waals surface area contributed by atoms with Gasteiger partial charge in [0, 0.05) is 29.9 Å². The molecule has 0 unspecified atom stereocenters. The van der Waals surface area contributed by atoms with E-state index in [0.29, 0.717) is 0 Å². The monoisotopic (exact) mass is 278 g/mol. The normalized spacial score (nSPS) is 15.8. The summed E-state index contributed by atoms with van der Waals surface area (Å²) in [7, 11) is 0. The van der Waals surface area contributed by atoms with Gasteiger partial charge in [-0.25, -0.2) is 0 Å². The topological polar surface area (TPSA) is 44.8 Å². The minimum absolute atomic E-state index is 1.01. The smallest absolute Gasteiger partial charge is 0.0650 e. The van der Waals surface area contributed by atoms with Crippen LogP contribution in [0.5, 0.6) is 0 Å². The van der Waals surface area contributed by atoms with Crippen LogP contribution < -0.4 is 0 Å². The first-order valence-electron chi connectivity index (χ1n) is 7.48. The molecule has 4 nitrogen and oxygen atoms in total. The lowest BCUT2D eigenvalue weighted by atomic mass is 10.0. The van der Waals surface area contributed by atoms with Gasteiger partial charge in [-0.3, -0.25) is 15.0 Å². The second kappa shape index (κ2) is 5.30. The highest BCUT2D eigenvalue weighted by Crippen LogP contribution is 2.24. The van der Waals surface area contributed by atoms with Gasteiger partial charge in [-0.15, -0.1) is 0 Å². The first kappa shape index (κ1) is 12.5. The molecule has 21 heavy (non-hydrogen) atoms. The van der Waals surface area contributed by atoms with Crippen LogP contribution in [0.3, 0.4) is 0 Å². The lowest BCUT2D eigenvalue weighted by molar-refractivity contribution is 0.331. The molecule has 0 saturated carbocycles. The molecular weight excluding hydrogens is 260 g/mol. The predicted octanol–water partition coefficient (Wildman–Crippen LogP) is 3.22. The molecular formula is C17H18N4. The Hall–Kier alpha value is -2.20. The summed E-state index contributed by atoms with van der Waals surface area (Å²) in [5.41, 5.74) is 4.73. The molecule has 1 aliphatic rings. The molecule has 0 atom stereocenters. The molecule has 4 rings (SSSR count). The van der Waals surface area contributed by atoms with Gasteiger partial charge < -0.3 is 0 Å². The summed E-state index contributed by atoms with van der Waals surface area (Å²) in [5, 5.41) is 8.20. The zero-order valence-electron chi connectivity index (χ0n) is 11.9. The number of likely N-dealkylation sites (tertiary alicyclic amines) is 1. The lowest BCUT2D eigenvalue weighted by Gasteiger charge is -2.14. The molecule has 3 aromatic rings. The van der Waals surface area contributed by atoms with E-state index in [2.05, 4.69) is 44.3 Å². The minimum Gasteiger partial charge on any atom is -0.299 e. The van der Waals surface area contributed by atoms with Crippen LogP contribution in [-0.4, -0.2) is 33.2 Å². The SMILES string of the molecule is c1ncc(-c2ccc3[nH]ncc3c2)cc1CN1CCCC1. The highest BCUT2D eigenvalue weighted by atomic mass is 15.1. The van der Waals surface area contributed by atoms with Crippen molar-refractivity contribution >= 4 is 10.9 Å². The quantitative estimate of drug-likeness (QED) is 0.800. The maximum Gasteiger partial charge on any atom is 0.0650 e. The van der Waals surface area contributed by atoms with E-state index in [4.69, 9.17) is 0 Å². The molecule has 0 spiro atoms. The highest BCUT2D eigenvalue weighted by molar-refractivity contribution is 5.83. The van der Waals surface area contributed by atoms with Crippen molar-refractivity contribution < 1.29 is 0 Å². The molecule has 0 aliphatic carbocycles. The van der Waals surface area contributed by atoms with Crippen LogP contribution in [-0.2, 0) is 6.54 Å². The molecule has 0 amide bonds. The Bertz CT molecular complexity index is 756. The average molecular weight is 278 g/mol. The number of nitrogens with zero attached hydrogens (tertiary/aromatic N) is 3. The fraction of sp³-hybridized carbons (Fsp3) is 0.294. The summed E-state index contributed by atoms with van der Waals surface area (Å²) in [6, 6.07) is 8.62. The molecule has 3 heterocycles. The molecule has 2 aromatic heterocycles. The van der Waals surface area contributed by atoms with Gasteiger partial charge in [0.2, 0.25) is 0 Å². The maximum absolute atomic E-state index is 4.42. The Morgan fingerprint density at radius 1 is 1.00 bits per heavy atom. The number of pyridine rings is 1. The van der Waals surface area contributed by atoms with Gasteiger partial charge in [0.1, 0.15) is 0 Å². The summed E-state index contributed by atoms with van der Waals surface area (Å²) < 4.78 is 0. The maximum atomic E-state index is 4.42. The standard InChI is InChI=1S/C17H18N4/c1-2-6-21(5-1)12-13-7-15(10-18-9-13)14-3-4-17-16(8-14)11-19-20-17/h3-4,7-11H,1-2,5-6,12H2,(H,19,20). The lowest BCUT2D eigenvalue weighted by Crippen LogP contribution is -2.18. The summed E-state index contributed by atoms with van der Waals surface area (Å²) in [6.07, 6.45) is 8.43. The molecule has 0 radical (unpaired) electrons. The molecule has 106 valence electrons. The van der Waals surface area contributed by atoms with Gasteiger partial charge in [0.05, 0.1) is 11.7 Å².